The lowest BCUT2D eigenvalue weighted by Gasteiger charge is -2.22. The Balaban J connectivity index is 3.27. The normalized spacial score (nSPS) is 11.9. The standard InChI is InChI=1S/C38H73N5O17/c1-38(2,3)60-37(47)42-34(36(45)46)6-4-5-8-40-35(44)7-10-48-12-14-50-16-18-52-20-22-54-24-26-56-28-30-58-32-33-59-31-29-57-27-25-55-23-21-53-19-17-51-15-13-49-11-9-41-43-39/h34H,4-33H2,1-3H3,(H,40,44)(H,42,47)(H,45,46)/t34-/m0/s1. The quantitative estimate of drug-likeness (QED) is 0.0342. The van der Waals surface area contributed by atoms with Gasteiger partial charge in [0.2, 0.25) is 5.91 Å². The van der Waals surface area contributed by atoms with Gasteiger partial charge in [0, 0.05) is 24.4 Å². The van der Waals surface area contributed by atoms with Gasteiger partial charge in [0.15, 0.2) is 0 Å². The number of carbonyl (C=O) groups excluding carboxylic acids is 2. The summed E-state index contributed by atoms with van der Waals surface area (Å²) in [5.41, 5.74) is 7.43. The van der Waals surface area contributed by atoms with Crippen LogP contribution in [0.15, 0.2) is 5.11 Å². The third-order valence-electron chi connectivity index (χ3n) is 7.20. The minimum absolute atomic E-state index is 0.162. The zero-order chi connectivity index (χ0) is 44.0. The highest BCUT2D eigenvalue weighted by Crippen LogP contribution is 2.08. The van der Waals surface area contributed by atoms with Crippen molar-refractivity contribution >= 4 is 18.0 Å². The molecule has 0 aromatic rings. The molecule has 0 aromatic carbocycles. The molecule has 0 aromatic heterocycles. The third kappa shape index (κ3) is 46.1. The van der Waals surface area contributed by atoms with Crippen LogP contribution in [0.25, 0.3) is 10.4 Å². The third-order valence-corrected chi connectivity index (χ3v) is 7.20. The van der Waals surface area contributed by atoms with Crippen molar-refractivity contribution in [1.82, 2.24) is 10.6 Å². The number of unbranched alkanes of at least 4 members (excludes halogenated alkanes) is 1. The number of hydrogen-bond acceptors (Lipinski definition) is 17. The number of rotatable bonds is 46. The van der Waals surface area contributed by atoms with E-state index in [1.807, 2.05) is 0 Å². The van der Waals surface area contributed by atoms with Gasteiger partial charge in [-0.05, 0) is 45.6 Å². The number of ether oxygens (including phenoxy) is 13. The van der Waals surface area contributed by atoms with Crippen LogP contribution in [0, 0.1) is 0 Å². The van der Waals surface area contributed by atoms with Crippen LogP contribution < -0.4 is 10.6 Å². The maximum Gasteiger partial charge on any atom is 0.408 e. The van der Waals surface area contributed by atoms with Crippen molar-refractivity contribution in [3.8, 4) is 0 Å². The van der Waals surface area contributed by atoms with Gasteiger partial charge >= 0.3 is 12.1 Å². The van der Waals surface area contributed by atoms with Crippen LogP contribution in [0.5, 0.6) is 0 Å². The van der Waals surface area contributed by atoms with Gasteiger partial charge in [0.1, 0.15) is 11.6 Å². The van der Waals surface area contributed by atoms with E-state index in [0.717, 1.165) is 0 Å². The lowest BCUT2D eigenvalue weighted by molar-refractivity contribution is -0.139. The van der Waals surface area contributed by atoms with E-state index in [1.54, 1.807) is 20.8 Å². The average Bonchev–Trinajstić information content (AvgIpc) is 3.20. The summed E-state index contributed by atoms with van der Waals surface area (Å²) in [5.74, 6) is -1.30. The molecule has 1 atom stereocenters. The van der Waals surface area contributed by atoms with Crippen molar-refractivity contribution in [2.75, 3.05) is 172 Å². The predicted molar refractivity (Wildman–Crippen MR) is 216 cm³/mol. The maximum absolute atomic E-state index is 12.0. The molecule has 0 rings (SSSR count). The van der Waals surface area contributed by atoms with Crippen molar-refractivity contribution in [2.24, 2.45) is 5.11 Å². The Bertz CT molecular complexity index is 1050. The lowest BCUT2D eigenvalue weighted by Crippen LogP contribution is -2.43. The minimum Gasteiger partial charge on any atom is -0.480 e. The molecule has 22 nitrogen and oxygen atoms in total. The molecule has 60 heavy (non-hydrogen) atoms. The molecular weight excluding hydrogens is 798 g/mol. The number of azide groups is 1. The number of carboxylic acids is 1. The smallest absolute Gasteiger partial charge is 0.408 e. The zero-order valence-electron chi connectivity index (χ0n) is 36.1. The van der Waals surface area contributed by atoms with Gasteiger partial charge in [0.05, 0.1) is 159 Å². The molecule has 0 aliphatic carbocycles. The van der Waals surface area contributed by atoms with Crippen molar-refractivity contribution in [2.45, 2.75) is 58.1 Å². The molecule has 0 fully saturated rings. The largest absolute Gasteiger partial charge is 0.480 e. The molecule has 0 radical (unpaired) electrons. The molecule has 0 saturated heterocycles. The van der Waals surface area contributed by atoms with Gasteiger partial charge in [-0.1, -0.05) is 5.11 Å². The second-order valence-corrected chi connectivity index (χ2v) is 13.4. The van der Waals surface area contributed by atoms with Crippen molar-refractivity contribution in [3.63, 3.8) is 0 Å². The first-order valence-corrected chi connectivity index (χ1v) is 20.6. The molecule has 22 heteroatoms. The molecule has 0 aliphatic rings. The van der Waals surface area contributed by atoms with Crippen LogP contribution in [-0.4, -0.2) is 206 Å². The number of amides is 2. The summed E-state index contributed by atoms with van der Waals surface area (Å²) in [6, 6.07) is -1.06. The molecule has 2 amide bonds. The Kier molecular flexibility index (Phi) is 41.9. The summed E-state index contributed by atoms with van der Waals surface area (Å²) in [6.45, 7) is 16.4. The number of nitrogens with one attached hydrogen (secondary N) is 2. The molecule has 0 heterocycles. The summed E-state index contributed by atoms with van der Waals surface area (Å²) < 4.78 is 70.3. The van der Waals surface area contributed by atoms with E-state index in [-0.39, 0.29) is 25.4 Å². The molecule has 0 saturated carbocycles. The van der Waals surface area contributed by atoms with E-state index in [2.05, 4.69) is 20.7 Å². The van der Waals surface area contributed by atoms with E-state index < -0.39 is 23.7 Å². The fraction of sp³-hybridized carbons (Fsp3) is 0.921. The van der Waals surface area contributed by atoms with E-state index >= 15 is 0 Å². The topological polar surface area (TPSA) is 264 Å². The van der Waals surface area contributed by atoms with Gasteiger partial charge in [-0.15, -0.1) is 0 Å². The Morgan fingerprint density at radius 2 is 0.883 bits per heavy atom. The molecule has 0 unspecified atom stereocenters. The number of hydrogen-bond donors (Lipinski definition) is 3. The van der Waals surface area contributed by atoms with E-state index in [1.165, 1.54) is 0 Å². The van der Waals surface area contributed by atoms with Crippen molar-refractivity contribution in [3.05, 3.63) is 10.4 Å². The predicted octanol–water partition coefficient (Wildman–Crippen LogP) is 2.15. The molecule has 352 valence electrons. The van der Waals surface area contributed by atoms with Gasteiger partial charge in [0.25, 0.3) is 0 Å². The van der Waals surface area contributed by atoms with Crippen LogP contribution in [0.2, 0.25) is 0 Å². The second-order valence-electron chi connectivity index (χ2n) is 13.4. The zero-order valence-corrected chi connectivity index (χ0v) is 36.1. The molecule has 0 spiro atoms. The Morgan fingerprint density at radius 1 is 0.550 bits per heavy atom. The molecule has 3 N–H and O–H groups in total. The maximum atomic E-state index is 12.0. The minimum atomic E-state index is -1.14. The summed E-state index contributed by atoms with van der Waals surface area (Å²) in [5, 5.41) is 17.8. The van der Waals surface area contributed by atoms with Crippen LogP contribution in [0.3, 0.4) is 0 Å². The lowest BCUT2D eigenvalue weighted by atomic mass is 10.1. The summed E-state index contributed by atoms with van der Waals surface area (Å²) in [7, 11) is 0. The van der Waals surface area contributed by atoms with E-state index in [4.69, 9.17) is 67.1 Å². The van der Waals surface area contributed by atoms with E-state index in [0.29, 0.717) is 178 Å². The first-order chi connectivity index (χ1) is 29.2. The molecule has 0 bridgehead atoms. The number of alkyl carbamates (subject to hydrolysis) is 1. The van der Waals surface area contributed by atoms with E-state index in [9.17, 15) is 19.5 Å². The van der Waals surface area contributed by atoms with Gasteiger partial charge in [-0.25, -0.2) is 9.59 Å². The SMILES string of the molecule is CC(C)(C)OC(=O)N[C@@H](CCCCNC(=O)CCOCCOCCOCCOCCOCCOCCOCCOCCOCCOCCOCCOCCN=[N+]=[N-])C(=O)O. The Morgan fingerprint density at radius 3 is 1.20 bits per heavy atom. The van der Waals surface area contributed by atoms with Crippen LogP contribution in [0.1, 0.15) is 46.5 Å². The summed E-state index contributed by atoms with van der Waals surface area (Å²) >= 11 is 0. The highest BCUT2D eigenvalue weighted by molar-refractivity contribution is 5.80. The number of nitrogens with zero attached hydrogens (tertiary/aromatic N) is 3. The molecular formula is C38H73N5O17. The second kappa shape index (κ2) is 44.1. The van der Waals surface area contributed by atoms with Crippen LogP contribution in [0.4, 0.5) is 4.79 Å². The molecule has 0 aliphatic heterocycles. The fourth-order valence-corrected chi connectivity index (χ4v) is 4.33. The highest BCUT2D eigenvalue weighted by atomic mass is 16.6. The number of aliphatic carboxylic acids is 1. The first-order valence-electron chi connectivity index (χ1n) is 20.6. The van der Waals surface area contributed by atoms with Gasteiger partial charge in [-0.3, -0.25) is 4.79 Å². The Labute approximate surface area is 354 Å². The Hall–Kier alpha value is -2.96. The van der Waals surface area contributed by atoms with Crippen LogP contribution in [-0.2, 0) is 71.2 Å². The highest BCUT2D eigenvalue weighted by Gasteiger charge is 2.23. The number of carbonyl (C=O) groups is 3. The van der Waals surface area contributed by atoms with Gasteiger partial charge < -0.3 is 77.3 Å². The average molecular weight is 872 g/mol. The monoisotopic (exact) mass is 872 g/mol. The van der Waals surface area contributed by atoms with Gasteiger partial charge in [-0.2, -0.15) is 0 Å². The van der Waals surface area contributed by atoms with Crippen LogP contribution >= 0.6 is 0 Å². The summed E-state index contributed by atoms with van der Waals surface area (Å²) in [4.78, 5) is 37.8. The van der Waals surface area contributed by atoms with Crippen molar-refractivity contribution in [1.29, 1.82) is 0 Å². The van der Waals surface area contributed by atoms with Crippen molar-refractivity contribution < 1.29 is 81.1 Å². The fourth-order valence-electron chi connectivity index (χ4n) is 4.33. The number of carboxylic acid groups (broad SMARTS) is 1. The summed E-state index contributed by atoms with van der Waals surface area (Å²) in [6.07, 6.45) is 0.711. The first kappa shape index (κ1) is 57.0.